The minimum Gasteiger partial charge on any atom is -0.484 e. The molecule has 5 nitrogen and oxygen atoms in total. The topological polar surface area (TPSA) is 58.6 Å². The molecular weight excluding hydrogens is 375 g/mol. The minimum absolute atomic E-state index is 0.174. The summed E-state index contributed by atoms with van der Waals surface area (Å²) in [4.78, 5) is 26.2. The fraction of sp³-hybridized carbons (Fsp3) is 0.263. The van der Waals surface area contributed by atoms with Gasteiger partial charge in [0.1, 0.15) is 11.8 Å². The van der Waals surface area contributed by atoms with Crippen LogP contribution in [0.4, 0.5) is 0 Å². The zero-order valence-corrected chi connectivity index (χ0v) is 16.1. The molecule has 2 aromatic rings. The molecule has 2 amide bonds. The van der Waals surface area contributed by atoms with Crippen LogP contribution in [0.25, 0.3) is 0 Å². The number of hydrogen-bond donors (Lipinski definition) is 1. The van der Waals surface area contributed by atoms with Crippen LogP contribution in [0.5, 0.6) is 5.75 Å². The van der Waals surface area contributed by atoms with Crippen LogP contribution in [0, 0.1) is 0 Å². The van der Waals surface area contributed by atoms with Crippen molar-refractivity contribution in [1.82, 2.24) is 10.2 Å². The summed E-state index contributed by atoms with van der Waals surface area (Å²) in [6.45, 7) is 1.70. The first kappa shape index (κ1) is 20.1. The molecule has 0 bridgehead atoms. The van der Waals surface area contributed by atoms with Crippen molar-refractivity contribution in [1.29, 1.82) is 0 Å². The van der Waals surface area contributed by atoms with E-state index in [4.69, 9.17) is 27.9 Å². The number of likely N-dealkylation sites (N-methyl/N-ethyl adjacent to an activating group) is 1. The Bertz CT molecular complexity index is 769. The lowest BCUT2D eigenvalue weighted by Gasteiger charge is -2.28. The van der Waals surface area contributed by atoms with Gasteiger partial charge in [-0.1, -0.05) is 47.5 Å². The van der Waals surface area contributed by atoms with Crippen LogP contribution in [0.2, 0.25) is 10.0 Å². The third kappa shape index (κ3) is 5.38. The average molecular weight is 395 g/mol. The number of benzene rings is 2. The summed E-state index contributed by atoms with van der Waals surface area (Å²) in [5, 5.41) is 3.38. The molecular formula is C19H20Cl2N2O3. The maximum atomic E-state index is 12.7. The van der Waals surface area contributed by atoms with Crippen LogP contribution in [0.3, 0.4) is 0 Å². The quantitative estimate of drug-likeness (QED) is 0.780. The van der Waals surface area contributed by atoms with E-state index in [1.54, 1.807) is 37.3 Å². The molecule has 0 aliphatic carbocycles. The van der Waals surface area contributed by atoms with Crippen molar-refractivity contribution in [2.75, 3.05) is 13.7 Å². The van der Waals surface area contributed by atoms with E-state index in [-0.39, 0.29) is 25.0 Å². The summed E-state index contributed by atoms with van der Waals surface area (Å²) in [5.74, 6) is 0.0112. The number of halogens is 2. The van der Waals surface area contributed by atoms with Gasteiger partial charge in [0.2, 0.25) is 5.91 Å². The highest BCUT2D eigenvalue weighted by atomic mass is 35.5. The molecule has 0 saturated heterocycles. The summed E-state index contributed by atoms with van der Waals surface area (Å²) < 4.78 is 5.52. The second kappa shape index (κ2) is 9.46. The summed E-state index contributed by atoms with van der Waals surface area (Å²) in [5.41, 5.74) is 0.767. The van der Waals surface area contributed by atoms with Crippen molar-refractivity contribution in [3.63, 3.8) is 0 Å². The zero-order valence-electron chi connectivity index (χ0n) is 14.5. The van der Waals surface area contributed by atoms with Crippen molar-refractivity contribution in [3.05, 3.63) is 64.1 Å². The van der Waals surface area contributed by atoms with Gasteiger partial charge >= 0.3 is 0 Å². The van der Waals surface area contributed by atoms with Crippen LogP contribution < -0.4 is 10.1 Å². The minimum atomic E-state index is -0.665. The third-order valence-electron chi connectivity index (χ3n) is 3.86. The van der Waals surface area contributed by atoms with Gasteiger partial charge in [0.15, 0.2) is 6.61 Å². The van der Waals surface area contributed by atoms with E-state index < -0.39 is 6.04 Å². The van der Waals surface area contributed by atoms with E-state index in [0.29, 0.717) is 15.8 Å². The molecule has 2 aromatic carbocycles. The predicted octanol–water partition coefficient (Wildman–Crippen LogP) is 3.54. The van der Waals surface area contributed by atoms with Gasteiger partial charge in [-0.3, -0.25) is 9.59 Å². The number of hydrogen-bond acceptors (Lipinski definition) is 3. The van der Waals surface area contributed by atoms with E-state index >= 15 is 0 Å². The molecule has 0 saturated carbocycles. The van der Waals surface area contributed by atoms with Gasteiger partial charge in [0, 0.05) is 13.6 Å². The lowest BCUT2D eigenvalue weighted by molar-refractivity contribution is -0.142. The summed E-state index contributed by atoms with van der Waals surface area (Å²) in [6.07, 6.45) is 0. The first-order chi connectivity index (χ1) is 12.4. The monoisotopic (exact) mass is 394 g/mol. The number of rotatable bonds is 7. The maximum absolute atomic E-state index is 12.7. The van der Waals surface area contributed by atoms with Gasteiger partial charge in [-0.25, -0.2) is 0 Å². The smallest absolute Gasteiger partial charge is 0.261 e. The maximum Gasteiger partial charge on any atom is 0.261 e. The zero-order chi connectivity index (χ0) is 19.1. The van der Waals surface area contributed by atoms with Gasteiger partial charge in [-0.15, -0.1) is 0 Å². The molecule has 0 heterocycles. The summed E-state index contributed by atoms with van der Waals surface area (Å²) in [7, 11) is 1.53. The Morgan fingerprint density at radius 3 is 2.42 bits per heavy atom. The van der Waals surface area contributed by atoms with E-state index in [1.807, 2.05) is 18.2 Å². The molecule has 0 unspecified atom stereocenters. The SMILES string of the molecule is CNC(=O)[C@H](C)N(Cc1ccc(Cl)c(Cl)c1)C(=O)COc1ccccc1. The van der Waals surface area contributed by atoms with E-state index in [2.05, 4.69) is 5.32 Å². The Morgan fingerprint density at radius 2 is 1.81 bits per heavy atom. The Morgan fingerprint density at radius 1 is 1.12 bits per heavy atom. The van der Waals surface area contributed by atoms with Gasteiger partial charge in [-0.2, -0.15) is 0 Å². The van der Waals surface area contributed by atoms with Crippen LogP contribution in [-0.2, 0) is 16.1 Å². The molecule has 26 heavy (non-hydrogen) atoms. The number of ether oxygens (including phenoxy) is 1. The first-order valence-corrected chi connectivity index (χ1v) is 8.80. The van der Waals surface area contributed by atoms with Crippen LogP contribution in [0.1, 0.15) is 12.5 Å². The fourth-order valence-electron chi connectivity index (χ4n) is 2.37. The molecule has 0 aromatic heterocycles. The van der Waals surface area contributed by atoms with Crippen molar-refractivity contribution in [3.8, 4) is 5.75 Å². The second-order valence-corrected chi connectivity index (χ2v) is 6.48. The number of para-hydroxylation sites is 1. The summed E-state index contributed by atoms with van der Waals surface area (Å²) >= 11 is 12.0. The molecule has 2 rings (SSSR count). The number of carbonyl (C=O) groups excluding carboxylic acids is 2. The Balaban J connectivity index is 2.15. The van der Waals surface area contributed by atoms with E-state index in [9.17, 15) is 9.59 Å². The molecule has 1 atom stereocenters. The lowest BCUT2D eigenvalue weighted by Crippen LogP contribution is -2.48. The predicted molar refractivity (Wildman–Crippen MR) is 102 cm³/mol. The second-order valence-electron chi connectivity index (χ2n) is 5.66. The van der Waals surface area contributed by atoms with Crippen molar-refractivity contribution in [2.45, 2.75) is 19.5 Å². The highest BCUT2D eigenvalue weighted by Crippen LogP contribution is 2.23. The Labute approximate surface area is 162 Å². The molecule has 0 aliphatic rings. The molecule has 0 fully saturated rings. The highest BCUT2D eigenvalue weighted by Gasteiger charge is 2.26. The van der Waals surface area contributed by atoms with Crippen LogP contribution in [-0.4, -0.2) is 36.4 Å². The van der Waals surface area contributed by atoms with Crippen molar-refractivity contribution < 1.29 is 14.3 Å². The Kier molecular flexibility index (Phi) is 7.30. The van der Waals surface area contributed by atoms with Gasteiger partial charge in [0.25, 0.3) is 5.91 Å². The highest BCUT2D eigenvalue weighted by molar-refractivity contribution is 6.42. The molecule has 0 radical (unpaired) electrons. The third-order valence-corrected chi connectivity index (χ3v) is 4.60. The van der Waals surface area contributed by atoms with Gasteiger partial charge in [-0.05, 0) is 36.8 Å². The van der Waals surface area contributed by atoms with Crippen molar-refractivity contribution in [2.24, 2.45) is 0 Å². The standard InChI is InChI=1S/C19H20Cl2N2O3/c1-13(19(25)22-2)23(11-14-8-9-16(20)17(21)10-14)18(24)12-26-15-6-4-3-5-7-15/h3-10,13H,11-12H2,1-2H3,(H,22,25)/t13-/m0/s1. The molecule has 0 aliphatic heterocycles. The average Bonchev–Trinajstić information content (AvgIpc) is 2.66. The van der Waals surface area contributed by atoms with Crippen LogP contribution in [0.15, 0.2) is 48.5 Å². The number of nitrogens with one attached hydrogen (secondary N) is 1. The van der Waals surface area contributed by atoms with E-state index in [0.717, 1.165) is 5.56 Å². The van der Waals surface area contributed by atoms with Crippen LogP contribution >= 0.6 is 23.2 Å². The number of carbonyl (C=O) groups is 2. The molecule has 0 spiro atoms. The van der Waals surface area contributed by atoms with Gasteiger partial charge < -0.3 is 15.0 Å². The summed E-state index contributed by atoms with van der Waals surface area (Å²) in [6, 6.07) is 13.5. The normalized spacial score (nSPS) is 11.5. The molecule has 7 heteroatoms. The first-order valence-electron chi connectivity index (χ1n) is 8.05. The fourth-order valence-corrected chi connectivity index (χ4v) is 2.69. The molecule has 1 N–H and O–H groups in total. The van der Waals surface area contributed by atoms with E-state index in [1.165, 1.54) is 11.9 Å². The Hall–Kier alpha value is -2.24. The molecule has 138 valence electrons. The number of nitrogens with zero attached hydrogens (tertiary/aromatic N) is 1. The lowest BCUT2D eigenvalue weighted by atomic mass is 10.1. The van der Waals surface area contributed by atoms with Crippen molar-refractivity contribution >= 4 is 35.0 Å². The number of amides is 2. The van der Waals surface area contributed by atoms with Gasteiger partial charge in [0.05, 0.1) is 10.0 Å². The largest absolute Gasteiger partial charge is 0.484 e.